The molecular weight excluding hydrogens is 246 g/mol. The molecule has 0 unspecified atom stereocenters. The highest BCUT2D eigenvalue weighted by molar-refractivity contribution is 5.29. The van der Waals surface area contributed by atoms with Gasteiger partial charge in [-0.15, -0.1) is 0 Å². The number of nitrogens with zero attached hydrogens (tertiary/aromatic N) is 1. The smallest absolute Gasteiger partial charge is 0.213 e. The van der Waals surface area contributed by atoms with Crippen LogP contribution in [0.4, 0.5) is 0 Å². The van der Waals surface area contributed by atoms with Crippen molar-refractivity contribution in [2.24, 2.45) is 0 Å². The highest BCUT2D eigenvalue weighted by Gasteiger charge is 2.35. The number of ether oxygens (including phenoxy) is 2. The number of aliphatic hydroxyl groups is 2. The molecule has 2 N–H and O–H groups in total. The first-order valence-electron chi connectivity index (χ1n) is 6.62. The Morgan fingerprint density at radius 2 is 2.05 bits per heavy atom. The van der Waals surface area contributed by atoms with Crippen molar-refractivity contribution in [3.8, 4) is 5.88 Å². The van der Waals surface area contributed by atoms with Gasteiger partial charge in [-0.05, 0) is 31.4 Å². The molecule has 1 fully saturated rings. The van der Waals surface area contributed by atoms with E-state index in [1.54, 1.807) is 0 Å². The first kappa shape index (κ1) is 14.2. The van der Waals surface area contributed by atoms with Gasteiger partial charge in [-0.1, -0.05) is 0 Å². The molecular formula is C14H21NO4. The van der Waals surface area contributed by atoms with E-state index in [9.17, 15) is 5.11 Å². The van der Waals surface area contributed by atoms with E-state index in [4.69, 9.17) is 14.6 Å². The van der Waals surface area contributed by atoms with Gasteiger partial charge in [0.1, 0.15) is 6.61 Å². The molecule has 0 saturated carbocycles. The third-order valence-corrected chi connectivity index (χ3v) is 3.58. The maximum atomic E-state index is 9.78. The minimum absolute atomic E-state index is 0.0378. The molecule has 1 aliphatic rings. The van der Waals surface area contributed by atoms with Gasteiger partial charge >= 0.3 is 0 Å². The molecule has 5 nitrogen and oxygen atoms in total. The summed E-state index contributed by atoms with van der Waals surface area (Å²) in [4.78, 5) is 4.49. The first-order chi connectivity index (χ1) is 9.20. The van der Waals surface area contributed by atoms with Crippen molar-refractivity contribution in [3.63, 3.8) is 0 Å². The molecule has 0 spiro atoms. The van der Waals surface area contributed by atoms with Gasteiger partial charge in [0.05, 0.1) is 18.9 Å². The van der Waals surface area contributed by atoms with Crippen molar-refractivity contribution in [1.29, 1.82) is 0 Å². The Hall–Kier alpha value is -1.17. The number of aryl methyl sites for hydroxylation is 1. The molecule has 5 heteroatoms. The van der Waals surface area contributed by atoms with Crippen LogP contribution >= 0.6 is 0 Å². The standard InChI is InChI=1S/C14H21NO4/c1-11-8-12(15-13(9-11)19-7-4-16)14(10-17)2-5-18-6-3-14/h8-9,16-17H,2-7,10H2,1H3. The Morgan fingerprint density at radius 1 is 1.32 bits per heavy atom. The number of pyridine rings is 1. The van der Waals surface area contributed by atoms with E-state index in [0.29, 0.717) is 19.1 Å². The summed E-state index contributed by atoms with van der Waals surface area (Å²) in [5.41, 5.74) is 1.56. The summed E-state index contributed by atoms with van der Waals surface area (Å²) in [6, 6.07) is 3.83. The molecule has 0 atom stereocenters. The Kier molecular flexibility index (Phi) is 4.74. The van der Waals surface area contributed by atoms with Gasteiger partial charge < -0.3 is 19.7 Å². The quantitative estimate of drug-likeness (QED) is 0.825. The van der Waals surface area contributed by atoms with Crippen LogP contribution in [0.25, 0.3) is 0 Å². The Morgan fingerprint density at radius 3 is 2.68 bits per heavy atom. The average molecular weight is 267 g/mol. The molecule has 106 valence electrons. The van der Waals surface area contributed by atoms with E-state index in [2.05, 4.69) is 4.98 Å². The second kappa shape index (κ2) is 6.32. The zero-order chi connectivity index (χ0) is 13.7. The van der Waals surface area contributed by atoms with E-state index in [-0.39, 0.29) is 25.2 Å². The minimum Gasteiger partial charge on any atom is -0.475 e. The van der Waals surface area contributed by atoms with Crippen LogP contribution in [0.15, 0.2) is 12.1 Å². The average Bonchev–Trinajstić information content (AvgIpc) is 2.45. The maximum absolute atomic E-state index is 9.78. The summed E-state index contributed by atoms with van der Waals surface area (Å²) in [6.07, 6.45) is 1.53. The molecule has 0 radical (unpaired) electrons. The van der Waals surface area contributed by atoms with Gasteiger partial charge in [-0.3, -0.25) is 0 Å². The number of aromatic nitrogens is 1. The molecule has 2 heterocycles. The lowest BCUT2D eigenvalue weighted by atomic mass is 9.77. The Balaban J connectivity index is 2.28. The summed E-state index contributed by atoms with van der Waals surface area (Å²) < 4.78 is 10.8. The third kappa shape index (κ3) is 3.23. The lowest BCUT2D eigenvalue weighted by Crippen LogP contribution is -2.38. The summed E-state index contributed by atoms with van der Waals surface area (Å²) in [5, 5.41) is 18.6. The van der Waals surface area contributed by atoms with Crippen LogP contribution in [0.3, 0.4) is 0 Å². The van der Waals surface area contributed by atoms with Crippen molar-refractivity contribution in [2.45, 2.75) is 25.2 Å². The van der Waals surface area contributed by atoms with Crippen molar-refractivity contribution < 1.29 is 19.7 Å². The SMILES string of the molecule is Cc1cc(OCCO)nc(C2(CO)CCOCC2)c1. The third-order valence-electron chi connectivity index (χ3n) is 3.58. The highest BCUT2D eigenvalue weighted by atomic mass is 16.5. The molecule has 0 bridgehead atoms. The van der Waals surface area contributed by atoms with Crippen LogP contribution in [-0.2, 0) is 10.2 Å². The number of hydrogen-bond acceptors (Lipinski definition) is 5. The van der Waals surface area contributed by atoms with Crippen molar-refractivity contribution >= 4 is 0 Å². The maximum Gasteiger partial charge on any atom is 0.213 e. The van der Waals surface area contributed by atoms with E-state index in [0.717, 1.165) is 24.1 Å². The molecule has 19 heavy (non-hydrogen) atoms. The fourth-order valence-electron chi connectivity index (χ4n) is 2.39. The molecule has 2 rings (SSSR count). The van der Waals surface area contributed by atoms with Crippen LogP contribution in [0.1, 0.15) is 24.1 Å². The molecule has 1 aromatic heterocycles. The molecule has 1 saturated heterocycles. The van der Waals surface area contributed by atoms with Crippen LogP contribution in [0.5, 0.6) is 5.88 Å². The summed E-state index contributed by atoms with van der Waals surface area (Å²) in [6.45, 7) is 3.51. The van der Waals surface area contributed by atoms with Gasteiger partial charge in [-0.2, -0.15) is 0 Å². The molecule has 1 aromatic rings. The Bertz CT molecular complexity index is 416. The van der Waals surface area contributed by atoms with Crippen LogP contribution in [-0.4, -0.2) is 48.2 Å². The Labute approximate surface area is 113 Å². The number of rotatable bonds is 5. The van der Waals surface area contributed by atoms with E-state index in [1.807, 2.05) is 19.1 Å². The zero-order valence-electron chi connectivity index (χ0n) is 11.3. The molecule has 1 aliphatic heterocycles. The second-order valence-corrected chi connectivity index (χ2v) is 4.99. The van der Waals surface area contributed by atoms with Crippen LogP contribution in [0.2, 0.25) is 0 Å². The lowest BCUT2D eigenvalue weighted by molar-refractivity contribution is 0.0232. The number of aliphatic hydroxyl groups excluding tert-OH is 2. The highest BCUT2D eigenvalue weighted by Crippen LogP contribution is 2.34. The largest absolute Gasteiger partial charge is 0.475 e. The van der Waals surface area contributed by atoms with Crippen molar-refractivity contribution in [3.05, 3.63) is 23.4 Å². The fraction of sp³-hybridized carbons (Fsp3) is 0.643. The van der Waals surface area contributed by atoms with Gasteiger partial charge in [-0.25, -0.2) is 4.98 Å². The van der Waals surface area contributed by atoms with Gasteiger partial charge in [0.25, 0.3) is 0 Å². The predicted molar refractivity (Wildman–Crippen MR) is 70.4 cm³/mol. The van der Waals surface area contributed by atoms with E-state index < -0.39 is 0 Å². The summed E-state index contributed by atoms with van der Waals surface area (Å²) in [7, 11) is 0. The predicted octanol–water partition coefficient (Wildman–Crippen LogP) is 0.802. The van der Waals surface area contributed by atoms with Crippen LogP contribution in [0, 0.1) is 6.92 Å². The van der Waals surface area contributed by atoms with Crippen molar-refractivity contribution in [1.82, 2.24) is 4.98 Å². The minimum atomic E-state index is -0.332. The molecule has 0 aromatic carbocycles. The second-order valence-electron chi connectivity index (χ2n) is 4.99. The zero-order valence-corrected chi connectivity index (χ0v) is 11.3. The van der Waals surface area contributed by atoms with Gasteiger partial charge in [0, 0.05) is 24.7 Å². The van der Waals surface area contributed by atoms with Crippen LogP contribution < -0.4 is 4.74 Å². The topological polar surface area (TPSA) is 71.8 Å². The fourth-order valence-corrected chi connectivity index (χ4v) is 2.39. The summed E-state index contributed by atoms with van der Waals surface area (Å²) >= 11 is 0. The van der Waals surface area contributed by atoms with Crippen molar-refractivity contribution in [2.75, 3.05) is 33.0 Å². The summed E-state index contributed by atoms with van der Waals surface area (Å²) in [5.74, 6) is 0.503. The van der Waals surface area contributed by atoms with Gasteiger partial charge in [0.2, 0.25) is 5.88 Å². The lowest BCUT2D eigenvalue weighted by Gasteiger charge is -2.35. The van der Waals surface area contributed by atoms with E-state index in [1.165, 1.54) is 0 Å². The number of hydrogen-bond donors (Lipinski definition) is 2. The van der Waals surface area contributed by atoms with Gasteiger partial charge in [0.15, 0.2) is 0 Å². The van der Waals surface area contributed by atoms with E-state index >= 15 is 0 Å². The first-order valence-corrected chi connectivity index (χ1v) is 6.62. The molecule has 0 amide bonds. The monoisotopic (exact) mass is 267 g/mol. The normalized spacial score (nSPS) is 18.3. The molecule has 0 aliphatic carbocycles.